The molecule has 4 aromatic rings. The minimum atomic E-state index is -0.424. The summed E-state index contributed by atoms with van der Waals surface area (Å²) >= 11 is 0. The first kappa shape index (κ1) is 28.8. The van der Waals surface area contributed by atoms with Crippen molar-refractivity contribution >= 4 is 34.7 Å². The molecule has 0 aliphatic carbocycles. The number of aliphatic imine (C=N–C) groups is 1. The topological polar surface area (TPSA) is 47.9 Å². The maximum atomic E-state index is 12.3. The van der Waals surface area contributed by atoms with Crippen LogP contribution in [0.5, 0.6) is 11.5 Å². The highest BCUT2D eigenvalue weighted by Crippen LogP contribution is 2.21. The molecule has 0 aromatic heterocycles. The van der Waals surface area contributed by atoms with Gasteiger partial charge in [0.05, 0.1) is 12.3 Å². The number of carbonyl (C=O) groups is 1. The molecule has 0 saturated carbocycles. The van der Waals surface area contributed by atoms with E-state index >= 15 is 0 Å². The van der Waals surface area contributed by atoms with Gasteiger partial charge in [0.1, 0.15) is 11.5 Å². The third-order valence-electron chi connectivity index (χ3n) is 6.75. The average molecular weight is 534 g/mol. The van der Waals surface area contributed by atoms with Crippen LogP contribution in [0.2, 0.25) is 0 Å². The minimum absolute atomic E-state index is 0.424. The van der Waals surface area contributed by atoms with Crippen LogP contribution in [-0.4, -0.2) is 18.8 Å². The van der Waals surface area contributed by atoms with Gasteiger partial charge in [-0.25, -0.2) is 4.79 Å². The number of rotatable bonds is 15. The third kappa shape index (κ3) is 9.85. The number of unbranched alkanes of at least 4 members (excludes halogenated alkanes) is 7. The summed E-state index contributed by atoms with van der Waals surface area (Å²) in [7, 11) is 0. The fraction of sp³-hybridized carbons (Fsp3) is 0.278. The van der Waals surface area contributed by atoms with Crippen molar-refractivity contribution in [3.05, 3.63) is 108 Å². The van der Waals surface area contributed by atoms with Crippen LogP contribution in [0.4, 0.5) is 5.69 Å². The molecule has 4 rings (SSSR count). The predicted molar refractivity (Wildman–Crippen MR) is 167 cm³/mol. The Hall–Kier alpha value is -4.18. The van der Waals surface area contributed by atoms with Crippen LogP contribution in [0.1, 0.15) is 69.4 Å². The summed E-state index contributed by atoms with van der Waals surface area (Å²) in [6, 6.07) is 29.4. The lowest BCUT2D eigenvalue weighted by Crippen LogP contribution is -2.03. The number of hydrogen-bond acceptors (Lipinski definition) is 4. The molecule has 4 nitrogen and oxygen atoms in total. The summed E-state index contributed by atoms with van der Waals surface area (Å²) in [5.74, 6) is 0.918. The molecule has 4 aromatic carbocycles. The summed E-state index contributed by atoms with van der Waals surface area (Å²) in [5, 5.41) is 2.35. The monoisotopic (exact) mass is 533 g/mol. The highest BCUT2D eigenvalue weighted by atomic mass is 16.5. The van der Waals surface area contributed by atoms with Crippen LogP contribution < -0.4 is 9.47 Å². The van der Waals surface area contributed by atoms with Gasteiger partial charge in [-0.1, -0.05) is 94.3 Å². The Kier molecular flexibility index (Phi) is 11.6. The SMILES string of the molecule is CCCCCCCCCCOc1ccc(/C=C/C(=O)Oc2ccc(C=Nc3ccc4ccccc4c3)cc2)cc1. The summed E-state index contributed by atoms with van der Waals surface area (Å²) in [4.78, 5) is 16.9. The Morgan fingerprint density at radius 3 is 2.10 bits per heavy atom. The first-order chi connectivity index (χ1) is 19.7. The third-order valence-corrected chi connectivity index (χ3v) is 6.75. The Bertz CT molecular complexity index is 1390. The highest BCUT2D eigenvalue weighted by molar-refractivity contribution is 5.89. The van der Waals surface area contributed by atoms with Gasteiger partial charge in [-0.2, -0.15) is 0 Å². The Morgan fingerprint density at radius 2 is 1.35 bits per heavy atom. The second-order valence-electron chi connectivity index (χ2n) is 10.0. The van der Waals surface area contributed by atoms with Crippen LogP contribution in [0.25, 0.3) is 16.8 Å². The molecule has 4 heteroatoms. The number of benzene rings is 4. The van der Waals surface area contributed by atoms with Gasteiger partial charge >= 0.3 is 5.97 Å². The molecule has 40 heavy (non-hydrogen) atoms. The lowest BCUT2D eigenvalue weighted by molar-refractivity contribution is -0.128. The molecule has 0 amide bonds. The van der Waals surface area contributed by atoms with Crippen molar-refractivity contribution in [2.24, 2.45) is 4.99 Å². The van der Waals surface area contributed by atoms with Gasteiger partial charge in [0, 0.05) is 12.3 Å². The van der Waals surface area contributed by atoms with E-state index in [1.807, 2.05) is 54.6 Å². The van der Waals surface area contributed by atoms with E-state index in [0.29, 0.717) is 5.75 Å². The Labute approximate surface area is 238 Å². The van der Waals surface area contributed by atoms with Gasteiger partial charge in [0.25, 0.3) is 0 Å². The van der Waals surface area contributed by atoms with Crippen LogP contribution in [0, 0.1) is 0 Å². The first-order valence-corrected chi connectivity index (χ1v) is 14.5. The maximum absolute atomic E-state index is 12.3. The molecule has 206 valence electrons. The second-order valence-corrected chi connectivity index (χ2v) is 10.0. The average Bonchev–Trinajstić information content (AvgIpc) is 2.99. The molecule has 0 aliphatic rings. The van der Waals surface area contributed by atoms with Crippen LogP contribution >= 0.6 is 0 Å². The van der Waals surface area contributed by atoms with Crippen molar-refractivity contribution in [1.82, 2.24) is 0 Å². The molecule has 0 spiro atoms. The van der Waals surface area contributed by atoms with Gasteiger partial charge in [-0.15, -0.1) is 0 Å². The normalized spacial score (nSPS) is 11.4. The quantitative estimate of drug-likeness (QED) is 0.0502. The van der Waals surface area contributed by atoms with Crippen molar-refractivity contribution in [1.29, 1.82) is 0 Å². The van der Waals surface area contributed by atoms with Crippen molar-refractivity contribution < 1.29 is 14.3 Å². The molecule has 0 bridgehead atoms. The fourth-order valence-corrected chi connectivity index (χ4v) is 4.44. The van der Waals surface area contributed by atoms with Gasteiger partial charge in [-0.3, -0.25) is 4.99 Å². The number of fused-ring (bicyclic) bond motifs is 1. The van der Waals surface area contributed by atoms with E-state index < -0.39 is 5.97 Å². The summed E-state index contributed by atoms with van der Waals surface area (Å²) < 4.78 is 11.3. The van der Waals surface area contributed by atoms with Crippen molar-refractivity contribution in [3.63, 3.8) is 0 Å². The van der Waals surface area contributed by atoms with Gasteiger partial charge in [0.2, 0.25) is 0 Å². The summed E-state index contributed by atoms with van der Waals surface area (Å²) in [5.41, 5.74) is 2.73. The van der Waals surface area contributed by atoms with Crippen molar-refractivity contribution in [3.8, 4) is 11.5 Å². The lowest BCUT2D eigenvalue weighted by atomic mass is 10.1. The van der Waals surface area contributed by atoms with Crippen LogP contribution in [0.3, 0.4) is 0 Å². The zero-order valence-electron chi connectivity index (χ0n) is 23.4. The van der Waals surface area contributed by atoms with E-state index in [1.165, 1.54) is 56.4 Å². The molecule has 0 fully saturated rings. The second kappa shape index (κ2) is 16.0. The van der Waals surface area contributed by atoms with E-state index in [9.17, 15) is 4.79 Å². The molecular formula is C36H39NO3. The molecular weight excluding hydrogens is 494 g/mol. The Balaban J connectivity index is 1.17. The molecule has 0 atom stereocenters. The zero-order valence-corrected chi connectivity index (χ0v) is 23.4. The van der Waals surface area contributed by atoms with E-state index in [4.69, 9.17) is 9.47 Å². The molecule has 0 heterocycles. The van der Waals surface area contributed by atoms with Crippen LogP contribution in [0.15, 0.2) is 102 Å². The van der Waals surface area contributed by atoms with Crippen LogP contribution in [-0.2, 0) is 4.79 Å². The predicted octanol–water partition coefficient (Wildman–Crippen LogP) is 9.73. The van der Waals surface area contributed by atoms with Crippen molar-refractivity contribution in [2.75, 3.05) is 6.61 Å². The first-order valence-electron chi connectivity index (χ1n) is 14.5. The maximum Gasteiger partial charge on any atom is 0.336 e. The molecule has 0 N–H and O–H groups in total. The van der Waals surface area contributed by atoms with E-state index in [-0.39, 0.29) is 0 Å². The largest absolute Gasteiger partial charge is 0.494 e. The van der Waals surface area contributed by atoms with E-state index in [2.05, 4.69) is 36.2 Å². The zero-order chi connectivity index (χ0) is 27.8. The molecule has 0 radical (unpaired) electrons. The number of nitrogens with zero attached hydrogens (tertiary/aromatic N) is 1. The smallest absolute Gasteiger partial charge is 0.336 e. The van der Waals surface area contributed by atoms with E-state index in [0.717, 1.165) is 41.0 Å². The molecule has 0 saturated heterocycles. The Morgan fingerprint density at radius 1 is 0.700 bits per heavy atom. The number of ether oxygens (including phenoxy) is 2. The van der Waals surface area contributed by atoms with Crippen molar-refractivity contribution in [2.45, 2.75) is 58.3 Å². The fourth-order valence-electron chi connectivity index (χ4n) is 4.44. The van der Waals surface area contributed by atoms with Gasteiger partial charge < -0.3 is 9.47 Å². The molecule has 0 aliphatic heterocycles. The highest BCUT2D eigenvalue weighted by Gasteiger charge is 2.02. The number of esters is 1. The summed E-state index contributed by atoms with van der Waals surface area (Å²) in [6.07, 6.45) is 15.3. The van der Waals surface area contributed by atoms with Gasteiger partial charge in [-0.05, 0) is 82.9 Å². The standard InChI is InChI=1S/C36H39NO3/c1-2-3-4-5-6-7-8-11-26-39-34-21-14-29(15-22-34)18-25-36(38)40-35-23-16-30(17-24-35)28-37-33-20-19-31-12-9-10-13-32(31)27-33/h9-10,12-25,27-28H,2-8,11,26H2,1H3/b25-18+,37-28?. The molecule has 0 unspecified atom stereocenters. The number of hydrogen-bond donors (Lipinski definition) is 0. The lowest BCUT2D eigenvalue weighted by Gasteiger charge is -2.06. The summed E-state index contributed by atoms with van der Waals surface area (Å²) in [6.45, 7) is 2.99. The number of carbonyl (C=O) groups excluding carboxylic acids is 1. The van der Waals surface area contributed by atoms with E-state index in [1.54, 1.807) is 24.4 Å². The van der Waals surface area contributed by atoms with Gasteiger partial charge in [0.15, 0.2) is 0 Å². The minimum Gasteiger partial charge on any atom is -0.494 e.